The van der Waals surface area contributed by atoms with E-state index in [4.69, 9.17) is 0 Å². The zero-order valence-corrected chi connectivity index (χ0v) is 10.3. The summed E-state index contributed by atoms with van der Waals surface area (Å²) < 4.78 is 14.0. The minimum absolute atomic E-state index is 0.0512. The lowest BCUT2D eigenvalue weighted by atomic mass is 9.93. The van der Waals surface area contributed by atoms with Crippen LogP contribution in [-0.4, -0.2) is 18.4 Å². The quantitative estimate of drug-likeness (QED) is 0.839. The van der Waals surface area contributed by atoms with E-state index in [0.717, 1.165) is 5.56 Å². The molecule has 1 heterocycles. The molecule has 0 radical (unpaired) electrons. The van der Waals surface area contributed by atoms with Gasteiger partial charge in [0.25, 0.3) is 0 Å². The number of hydrogen-bond donors (Lipinski definition) is 2. The van der Waals surface area contributed by atoms with Crippen LogP contribution in [0.2, 0.25) is 0 Å². The summed E-state index contributed by atoms with van der Waals surface area (Å²) in [4.78, 5) is 22.1. The summed E-state index contributed by atoms with van der Waals surface area (Å²) in [5.74, 6) is -0.784. The average Bonchev–Trinajstić information content (AvgIpc) is 2.62. The van der Waals surface area contributed by atoms with E-state index >= 15 is 0 Å². The van der Waals surface area contributed by atoms with Crippen molar-refractivity contribution in [3.8, 4) is 0 Å². The first-order valence-corrected chi connectivity index (χ1v) is 5.81. The highest BCUT2D eigenvalue weighted by atomic mass is 19.1. The van der Waals surface area contributed by atoms with Gasteiger partial charge in [-0.3, -0.25) is 9.59 Å². The van der Waals surface area contributed by atoms with Crippen molar-refractivity contribution in [2.45, 2.75) is 26.2 Å². The number of rotatable bonds is 2. The van der Waals surface area contributed by atoms with Crippen LogP contribution >= 0.6 is 0 Å². The lowest BCUT2D eigenvalue weighted by molar-refractivity contribution is -0.119. The Morgan fingerprint density at radius 1 is 1.50 bits per heavy atom. The van der Waals surface area contributed by atoms with E-state index in [1.54, 1.807) is 13.0 Å². The summed E-state index contributed by atoms with van der Waals surface area (Å²) in [6.45, 7) is 3.63. The average molecular weight is 250 g/mol. The van der Waals surface area contributed by atoms with Crippen molar-refractivity contribution in [1.82, 2.24) is 5.32 Å². The summed E-state index contributed by atoms with van der Waals surface area (Å²) in [5.41, 5.74) is 1.75. The van der Waals surface area contributed by atoms with Crippen molar-refractivity contribution < 1.29 is 14.0 Å². The molecule has 0 aliphatic carbocycles. The van der Waals surface area contributed by atoms with E-state index in [1.165, 1.54) is 13.0 Å². The number of benzene rings is 1. The van der Waals surface area contributed by atoms with Crippen LogP contribution in [0.25, 0.3) is 0 Å². The number of halogens is 1. The minimum atomic E-state index is -0.375. The molecule has 1 aliphatic rings. The molecular weight excluding hydrogens is 235 g/mol. The first-order chi connectivity index (χ1) is 8.47. The van der Waals surface area contributed by atoms with Crippen LogP contribution < -0.4 is 10.6 Å². The highest BCUT2D eigenvalue weighted by molar-refractivity contribution is 5.88. The second kappa shape index (κ2) is 4.76. The molecule has 0 aromatic heterocycles. The predicted molar refractivity (Wildman–Crippen MR) is 65.8 cm³/mol. The van der Waals surface area contributed by atoms with Gasteiger partial charge in [0.1, 0.15) is 5.82 Å². The lowest BCUT2D eigenvalue weighted by Gasteiger charge is -2.14. The predicted octanol–water partition coefficient (Wildman–Crippen LogP) is 1.70. The van der Waals surface area contributed by atoms with Gasteiger partial charge in [0.05, 0.1) is 0 Å². The number of aryl methyl sites for hydroxylation is 1. The first kappa shape index (κ1) is 12.5. The molecule has 2 N–H and O–H groups in total. The Bertz CT molecular complexity index is 491. The van der Waals surface area contributed by atoms with Gasteiger partial charge in [-0.1, -0.05) is 0 Å². The van der Waals surface area contributed by atoms with Gasteiger partial charge in [0, 0.05) is 31.5 Å². The summed E-state index contributed by atoms with van der Waals surface area (Å²) in [7, 11) is 0. The Morgan fingerprint density at radius 3 is 2.72 bits per heavy atom. The van der Waals surface area contributed by atoms with Gasteiger partial charge in [-0.25, -0.2) is 4.39 Å². The fourth-order valence-electron chi connectivity index (χ4n) is 2.36. The van der Waals surface area contributed by atoms with Gasteiger partial charge in [-0.05, 0) is 30.2 Å². The topological polar surface area (TPSA) is 58.2 Å². The Kier molecular flexibility index (Phi) is 3.32. The molecule has 96 valence electrons. The molecule has 1 aliphatic heterocycles. The van der Waals surface area contributed by atoms with Gasteiger partial charge >= 0.3 is 0 Å². The Labute approximate surface area is 105 Å². The molecule has 1 saturated heterocycles. The maximum absolute atomic E-state index is 14.0. The van der Waals surface area contributed by atoms with E-state index in [2.05, 4.69) is 10.6 Å². The Balaban J connectivity index is 2.32. The third-order valence-electron chi connectivity index (χ3n) is 3.04. The number of carbonyl (C=O) groups excluding carboxylic acids is 2. The van der Waals surface area contributed by atoms with Crippen molar-refractivity contribution in [1.29, 1.82) is 0 Å². The van der Waals surface area contributed by atoms with Gasteiger partial charge in [0.2, 0.25) is 11.8 Å². The van der Waals surface area contributed by atoms with Crippen LogP contribution in [0.15, 0.2) is 12.1 Å². The van der Waals surface area contributed by atoms with Crippen LogP contribution in [-0.2, 0) is 9.59 Å². The minimum Gasteiger partial charge on any atom is -0.355 e. The van der Waals surface area contributed by atoms with E-state index in [9.17, 15) is 14.0 Å². The largest absolute Gasteiger partial charge is 0.355 e. The smallest absolute Gasteiger partial charge is 0.221 e. The van der Waals surface area contributed by atoms with Crippen molar-refractivity contribution >= 4 is 17.5 Å². The van der Waals surface area contributed by atoms with Crippen LogP contribution in [0.4, 0.5) is 10.1 Å². The molecule has 1 fully saturated rings. The zero-order chi connectivity index (χ0) is 13.3. The number of anilines is 1. The van der Waals surface area contributed by atoms with Crippen LogP contribution in [0.1, 0.15) is 30.4 Å². The van der Waals surface area contributed by atoms with E-state index in [-0.39, 0.29) is 23.5 Å². The van der Waals surface area contributed by atoms with Gasteiger partial charge in [-0.2, -0.15) is 0 Å². The normalized spacial score (nSPS) is 18.6. The Morgan fingerprint density at radius 2 is 2.22 bits per heavy atom. The van der Waals surface area contributed by atoms with Crippen LogP contribution in [0.3, 0.4) is 0 Å². The molecule has 0 bridgehead atoms. The molecule has 2 rings (SSSR count). The van der Waals surface area contributed by atoms with Gasteiger partial charge in [-0.15, -0.1) is 0 Å². The zero-order valence-electron chi connectivity index (χ0n) is 10.3. The second-order valence-electron chi connectivity index (χ2n) is 4.57. The summed E-state index contributed by atoms with van der Waals surface area (Å²) in [6, 6.07) is 3.02. The van der Waals surface area contributed by atoms with Crippen LogP contribution in [0, 0.1) is 12.7 Å². The summed E-state index contributed by atoms with van der Waals surface area (Å²) in [5, 5.41) is 5.25. The molecule has 1 atom stereocenters. The van der Waals surface area contributed by atoms with Crippen molar-refractivity contribution in [3.05, 3.63) is 29.1 Å². The molecule has 4 nitrogen and oxygen atoms in total. The fourth-order valence-corrected chi connectivity index (χ4v) is 2.36. The maximum atomic E-state index is 14.0. The number of carbonyl (C=O) groups is 2. The standard InChI is InChI=1S/C13H15FN2O2/c1-7-3-10(16-8(2)17)5-11(14)13(7)9-4-12(18)15-6-9/h3,5,9H,4,6H2,1-2H3,(H,15,18)(H,16,17)/t9-/m0/s1. The van der Waals surface area contributed by atoms with Crippen LogP contribution in [0.5, 0.6) is 0 Å². The lowest BCUT2D eigenvalue weighted by Crippen LogP contribution is -2.14. The third kappa shape index (κ3) is 2.50. The van der Waals surface area contributed by atoms with Gasteiger partial charge in [0.15, 0.2) is 0 Å². The first-order valence-electron chi connectivity index (χ1n) is 5.81. The molecule has 1 aromatic rings. The molecule has 0 spiro atoms. The van der Waals surface area contributed by atoms with E-state index in [0.29, 0.717) is 24.2 Å². The highest BCUT2D eigenvalue weighted by Crippen LogP contribution is 2.30. The molecule has 1 aromatic carbocycles. The monoisotopic (exact) mass is 250 g/mol. The molecular formula is C13H15FN2O2. The third-order valence-corrected chi connectivity index (χ3v) is 3.04. The molecule has 2 amide bonds. The maximum Gasteiger partial charge on any atom is 0.221 e. The highest BCUT2D eigenvalue weighted by Gasteiger charge is 2.27. The Hall–Kier alpha value is -1.91. The van der Waals surface area contributed by atoms with Crippen molar-refractivity contribution in [2.24, 2.45) is 0 Å². The summed E-state index contributed by atoms with van der Waals surface area (Å²) >= 11 is 0. The fraction of sp³-hybridized carbons (Fsp3) is 0.385. The number of nitrogens with one attached hydrogen (secondary N) is 2. The van der Waals surface area contributed by atoms with Crippen molar-refractivity contribution in [3.63, 3.8) is 0 Å². The molecule has 18 heavy (non-hydrogen) atoms. The number of amides is 2. The second-order valence-corrected chi connectivity index (χ2v) is 4.57. The van der Waals surface area contributed by atoms with Gasteiger partial charge < -0.3 is 10.6 Å². The SMILES string of the molecule is CC(=O)Nc1cc(C)c([C@@H]2CNC(=O)C2)c(F)c1. The molecule has 0 saturated carbocycles. The van der Waals surface area contributed by atoms with E-state index in [1.807, 2.05) is 0 Å². The molecule has 0 unspecified atom stereocenters. The van der Waals surface area contributed by atoms with Crippen molar-refractivity contribution in [2.75, 3.05) is 11.9 Å². The summed E-state index contributed by atoms with van der Waals surface area (Å²) in [6.07, 6.45) is 0.317. The number of hydrogen-bond acceptors (Lipinski definition) is 2. The van der Waals surface area contributed by atoms with E-state index < -0.39 is 0 Å². The molecule has 5 heteroatoms.